The minimum absolute atomic E-state index is 0.378. The first-order valence-electron chi connectivity index (χ1n) is 6.36. The molecule has 92 valence electrons. The molecule has 0 amide bonds. The molecule has 17 heavy (non-hydrogen) atoms. The molecule has 1 saturated heterocycles. The van der Waals surface area contributed by atoms with E-state index in [2.05, 4.69) is 5.09 Å². The van der Waals surface area contributed by atoms with Gasteiger partial charge in [0.25, 0.3) is 7.52 Å². The van der Waals surface area contributed by atoms with Crippen LogP contribution in [0.3, 0.4) is 0 Å². The van der Waals surface area contributed by atoms with Gasteiger partial charge in [0.05, 0.1) is 11.9 Å². The van der Waals surface area contributed by atoms with Crippen LogP contribution in [-0.2, 0) is 9.09 Å². The van der Waals surface area contributed by atoms with Gasteiger partial charge >= 0.3 is 0 Å². The van der Waals surface area contributed by atoms with Gasteiger partial charge < -0.3 is 4.52 Å². The van der Waals surface area contributed by atoms with E-state index in [0.717, 1.165) is 11.7 Å². The van der Waals surface area contributed by atoms with Crippen LogP contribution in [0.15, 0.2) is 30.3 Å². The number of hydrogen-bond acceptors (Lipinski definition) is 2. The predicted molar refractivity (Wildman–Crippen MR) is 68.5 cm³/mol. The molecule has 0 spiro atoms. The molecule has 1 aromatic rings. The molecule has 3 nitrogen and oxygen atoms in total. The maximum absolute atomic E-state index is 12.8. The third-order valence-electron chi connectivity index (χ3n) is 3.81. The quantitative estimate of drug-likeness (QED) is 0.780. The van der Waals surface area contributed by atoms with Crippen LogP contribution in [0.5, 0.6) is 0 Å². The molecule has 0 bridgehead atoms. The first-order valence-corrected chi connectivity index (χ1v) is 7.98. The second kappa shape index (κ2) is 4.56. The molecule has 0 aromatic heterocycles. The fraction of sp³-hybridized carbons (Fsp3) is 0.538. The van der Waals surface area contributed by atoms with E-state index in [0.29, 0.717) is 18.6 Å². The lowest BCUT2D eigenvalue weighted by Gasteiger charge is -2.39. The summed E-state index contributed by atoms with van der Waals surface area (Å²) < 4.78 is 18.4. The molecule has 1 heterocycles. The standard InChI is InChI=1S/C13H18NO2P/c15-17(12-7-2-1-3-8-12)14-13-9-5-4-6-11(13)10-16-17/h1-3,7-8,11,13H,4-6,9-10H2,(H,14,15)/t11-,13-,17?/m0/s1. The number of benzene rings is 1. The van der Waals surface area contributed by atoms with Crippen LogP contribution in [0.1, 0.15) is 25.7 Å². The Balaban J connectivity index is 1.83. The minimum Gasteiger partial charge on any atom is -0.314 e. The van der Waals surface area contributed by atoms with Crippen molar-refractivity contribution in [2.24, 2.45) is 5.92 Å². The fourth-order valence-electron chi connectivity index (χ4n) is 2.81. The summed E-state index contributed by atoms with van der Waals surface area (Å²) in [5, 5.41) is 4.08. The van der Waals surface area contributed by atoms with E-state index in [4.69, 9.17) is 4.52 Å². The Morgan fingerprint density at radius 3 is 2.76 bits per heavy atom. The fourth-order valence-corrected chi connectivity index (χ4v) is 4.92. The van der Waals surface area contributed by atoms with E-state index < -0.39 is 7.52 Å². The van der Waals surface area contributed by atoms with E-state index in [1.807, 2.05) is 30.3 Å². The first kappa shape index (κ1) is 11.5. The SMILES string of the molecule is O=P1(c2ccccc2)N[C@H]2CCCC[C@H]2CO1. The Morgan fingerprint density at radius 2 is 1.94 bits per heavy atom. The molecular weight excluding hydrogens is 233 g/mol. The second-order valence-corrected chi connectivity index (χ2v) is 7.10. The highest BCUT2D eigenvalue weighted by Gasteiger charge is 2.39. The molecule has 2 aliphatic rings. The average molecular weight is 251 g/mol. The van der Waals surface area contributed by atoms with Crippen molar-refractivity contribution in [1.82, 2.24) is 5.09 Å². The molecule has 3 atom stereocenters. The summed E-state index contributed by atoms with van der Waals surface area (Å²) in [5.74, 6) is 0.550. The second-order valence-electron chi connectivity index (χ2n) is 4.96. The summed E-state index contributed by atoms with van der Waals surface area (Å²) in [4.78, 5) is 0. The Kier molecular flexibility index (Phi) is 3.08. The van der Waals surface area contributed by atoms with Crippen molar-refractivity contribution < 1.29 is 9.09 Å². The van der Waals surface area contributed by atoms with E-state index in [1.54, 1.807) is 0 Å². The Bertz CT molecular complexity index is 434. The van der Waals surface area contributed by atoms with Crippen molar-refractivity contribution in [3.05, 3.63) is 30.3 Å². The lowest BCUT2D eigenvalue weighted by atomic mass is 9.86. The molecule has 2 fully saturated rings. The largest absolute Gasteiger partial charge is 0.314 e. The average Bonchev–Trinajstić information content (AvgIpc) is 2.40. The van der Waals surface area contributed by atoms with Crippen molar-refractivity contribution in [3.8, 4) is 0 Å². The van der Waals surface area contributed by atoms with E-state index >= 15 is 0 Å². The molecule has 1 aromatic carbocycles. The van der Waals surface area contributed by atoms with Crippen LogP contribution in [-0.4, -0.2) is 12.6 Å². The third kappa shape index (κ3) is 2.20. The van der Waals surface area contributed by atoms with Crippen LogP contribution in [0.4, 0.5) is 0 Å². The Labute approximate surface area is 102 Å². The van der Waals surface area contributed by atoms with E-state index in [-0.39, 0.29) is 0 Å². The van der Waals surface area contributed by atoms with Crippen LogP contribution in [0.25, 0.3) is 0 Å². The molecule has 0 radical (unpaired) electrons. The summed E-state index contributed by atoms with van der Waals surface area (Å²) in [5.41, 5.74) is 0. The number of nitrogens with one attached hydrogen (secondary N) is 1. The van der Waals surface area contributed by atoms with Crippen LogP contribution in [0, 0.1) is 5.92 Å². The summed E-state index contributed by atoms with van der Waals surface area (Å²) >= 11 is 0. The minimum atomic E-state index is -2.81. The first-order chi connectivity index (χ1) is 8.28. The summed E-state index contributed by atoms with van der Waals surface area (Å²) in [6, 6.07) is 9.90. The monoisotopic (exact) mass is 251 g/mol. The van der Waals surface area contributed by atoms with Gasteiger partial charge in [0.15, 0.2) is 0 Å². The Hall–Kier alpha value is -0.630. The number of rotatable bonds is 1. The zero-order valence-electron chi connectivity index (χ0n) is 9.84. The molecule has 1 aliphatic carbocycles. The summed E-state index contributed by atoms with van der Waals surface area (Å²) in [6.45, 7) is 0.643. The highest BCUT2D eigenvalue weighted by Crippen LogP contribution is 2.48. The van der Waals surface area contributed by atoms with Crippen molar-refractivity contribution >= 4 is 12.8 Å². The van der Waals surface area contributed by atoms with Gasteiger partial charge in [0, 0.05) is 6.04 Å². The maximum atomic E-state index is 12.8. The highest BCUT2D eigenvalue weighted by atomic mass is 31.2. The molecular formula is C13H18NO2P. The topological polar surface area (TPSA) is 38.3 Å². The van der Waals surface area contributed by atoms with Crippen molar-refractivity contribution in [1.29, 1.82) is 0 Å². The summed E-state index contributed by atoms with van der Waals surface area (Å²) in [7, 11) is -2.81. The highest BCUT2D eigenvalue weighted by molar-refractivity contribution is 7.65. The third-order valence-corrected chi connectivity index (χ3v) is 5.97. The van der Waals surface area contributed by atoms with E-state index in [1.165, 1.54) is 19.3 Å². The molecule has 1 saturated carbocycles. The zero-order valence-corrected chi connectivity index (χ0v) is 10.7. The van der Waals surface area contributed by atoms with E-state index in [9.17, 15) is 4.57 Å². The molecule has 4 heteroatoms. The van der Waals surface area contributed by atoms with Gasteiger partial charge in [-0.2, -0.15) is 0 Å². The van der Waals surface area contributed by atoms with Gasteiger partial charge in [-0.15, -0.1) is 0 Å². The Morgan fingerprint density at radius 1 is 1.18 bits per heavy atom. The van der Waals surface area contributed by atoms with Gasteiger partial charge in [0.1, 0.15) is 0 Å². The molecule has 1 unspecified atom stereocenters. The van der Waals surface area contributed by atoms with Crippen molar-refractivity contribution in [3.63, 3.8) is 0 Å². The van der Waals surface area contributed by atoms with Gasteiger partial charge in [-0.05, 0) is 30.9 Å². The lowest BCUT2D eigenvalue weighted by molar-refractivity contribution is 0.148. The smallest absolute Gasteiger partial charge is 0.299 e. The van der Waals surface area contributed by atoms with Gasteiger partial charge in [-0.1, -0.05) is 31.0 Å². The van der Waals surface area contributed by atoms with Gasteiger partial charge in [-0.3, -0.25) is 4.57 Å². The van der Waals surface area contributed by atoms with Gasteiger partial charge in [-0.25, -0.2) is 5.09 Å². The van der Waals surface area contributed by atoms with Gasteiger partial charge in [0.2, 0.25) is 0 Å². The molecule has 3 rings (SSSR count). The van der Waals surface area contributed by atoms with Crippen molar-refractivity contribution in [2.45, 2.75) is 31.7 Å². The van der Waals surface area contributed by atoms with Crippen LogP contribution >= 0.6 is 7.52 Å². The number of hydrogen-bond donors (Lipinski definition) is 1. The van der Waals surface area contributed by atoms with Crippen LogP contribution < -0.4 is 10.4 Å². The zero-order chi connectivity index (χ0) is 11.7. The molecule has 1 N–H and O–H groups in total. The molecule has 1 aliphatic heterocycles. The predicted octanol–water partition coefficient (Wildman–Crippen LogP) is 2.68. The lowest BCUT2D eigenvalue weighted by Crippen LogP contribution is -2.45. The van der Waals surface area contributed by atoms with Crippen LogP contribution in [0.2, 0.25) is 0 Å². The van der Waals surface area contributed by atoms with Crippen molar-refractivity contribution in [2.75, 3.05) is 6.61 Å². The summed E-state index contributed by atoms with van der Waals surface area (Å²) in [6.07, 6.45) is 4.85. The normalized spacial score (nSPS) is 37.4. The number of fused-ring (bicyclic) bond motifs is 1. The maximum Gasteiger partial charge on any atom is 0.299 e.